The zero-order valence-electron chi connectivity index (χ0n) is 13.4. The van der Waals surface area contributed by atoms with E-state index in [4.69, 9.17) is 4.74 Å². The van der Waals surface area contributed by atoms with E-state index >= 15 is 0 Å². The summed E-state index contributed by atoms with van der Waals surface area (Å²) in [7, 11) is 0. The highest BCUT2D eigenvalue weighted by Crippen LogP contribution is 2.18. The Morgan fingerprint density at radius 1 is 1.10 bits per heavy atom. The molecule has 0 spiro atoms. The number of aliphatic hydroxyl groups excluding tert-OH is 1. The second-order valence-corrected chi connectivity index (χ2v) is 5.24. The topological polar surface area (TPSA) is 92.2 Å². The second-order valence-electron chi connectivity index (χ2n) is 5.24. The molecule has 1 aromatic rings. The van der Waals surface area contributed by atoms with Crippen molar-refractivity contribution in [3.05, 3.63) is 0 Å². The minimum absolute atomic E-state index is 0.00193. The van der Waals surface area contributed by atoms with Gasteiger partial charge in [0.2, 0.25) is 11.9 Å². The maximum atomic E-state index is 9.49. The molecule has 0 saturated carbocycles. The van der Waals surface area contributed by atoms with E-state index in [2.05, 4.69) is 32.5 Å². The highest BCUT2D eigenvalue weighted by Gasteiger charge is 2.22. The standard InChI is InChI=1S/C14H27N5O2/c1-5-8-15-11-16-12(19-14(4,7-3)10-20)18-13(17-11)21-9-6-2/h20H,5-10H2,1-4H3,(H2,15,16,17,18,19). The minimum atomic E-state index is -0.467. The summed E-state index contributed by atoms with van der Waals surface area (Å²) in [5, 5.41) is 15.8. The first-order valence-corrected chi connectivity index (χ1v) is 7.58. The molecule has 21 heavy (non-hydrogen) atoms. The lowest BCUT2D eigenvalue weighted by atomic mass is 10.0. The van der Waals surface area contributed by atoms with Gasteiger partial charge in [-0.1, -0.05) is 20.8 Å². The van der Waals surface area contributed by atoms with Crippen LogP contribution >= 0.6 is 0 Å². The molecule has 1 heterocycles. The maximum Gasteiger partial charge on any atom is 0.323 e. The fourth-order valence-electron chi connectivity index (χ4n) is 1.50. The molecule has 0 bridgehead atoms. The largest absolute Gasteiger partial charge is 0.463 e. The van der Waals surface area contributed by atoms with E-state index in [0.29, 0.717) is 24.5 Å². The summed E-state index contributed by atoms with van der Waals surface area (Å²) in [5.74, 6) is 0.893. The van der Waals surface area contributed by atoms with Crippen molar-refractivity contribution < 1.29 is 9.84 Å². The molecule has 0 aliphatic heterocycles. The number of aliphatic hydroxyl groups is 1. The molecule has 0 radical (unpaired) electrons. The van der Waals surface area contributed by atoms with Crippen LogP contribution in [0, 0.1) is 0 Å². The van der Waals surface area contributed by atoms with Gasteiger partial charge in [-0.25, -0.2) is 0 Å². The van der Waals surface area contributed by atoms with E-state index in [1.54, 1.807) is 0 Å². The third-order valence-electron chi connectivity index (χ3n) is 3.13. The first-order chi connectivity index (χ1) is 10.1. The highest BCUT2D eigenvalue weighted by atomic mass is 16.5. The molecule has 0 saturated heterocycles. The normalized spacial score (nSPS) is 13.6. The Kier molecular flexibility index (Phi) is 7.14. The first kappa shape index (κ1) is 17.4. The molecule has 0 aliphatic rings. The summed E-state index contributed by atoms with van der Waals surface area (Å²) in [5.41, 5.74) is -0.467. The van der Waals surface area contributed by atoms with Crippen LogP contribution in [0.15, 0.2) is 0 Å². The van der Waals surface area contributed by atoms with Crippen molar-refractivity contribution in [2.24, 2.45) is 0 Å². The minimum Gasteiger partial charge on any atom is -0.463 e. The Bertz CT molecular complexity index is 398. The van der Waals surface area contributed by atoms with Gasteiger partial charge in [-0.3, -0.25) is 0 Å². The third-order valence-corrected chi connectivity index (χ3v) is 3.13. The molecular weight excluding hydrogens is 270 g/mol. The van der Waals surface area contributed by atoms with Crippen LogP contribution < -0.4 is 15.4 Å². The van der Waals surface area contributed by atoms with Gasteiger partial charge < -0.3 is 20.5 Å². The summed E-state index contributed by atoms with van der Waals surface area (Å²) in [6.07, 6.45) is 2.61. The average molecular weight is 297 g/mol. The average Bonchev–Trinajstić information content (AvgIpc) is 2.50. The number of ether oxygens (including phenoxy) is 1. The molecule has 7 nitrogen and oxygen atoms in total. The highest BCUT2D eigenvalue weighted by molar-refractivity contribution is 5.37. The Balaban J connectivity index is 2.94. The maximum absolute atomic E-state index is 9.49. The van der Waals surface area contributed by atoms with Gasteiger partial charge in [0, 0.05) is 6.54 Å². The van der Waals surface area contributed by atoms with Gasteiger partial charge in [0.1, 0.15) is 0 Å². The molecule has 0 amide bonds. The van der Waals surface area contributed by atoms with Crippen LogP contribution in [-0.2, 0) is 0 Å². The smallest absolute Gasteiger partial charge is 0.323 e. The lowest BCUT2D eigenvalue weighted by Gasteiger charge is -2.27. The Morgan fingerprint density at radius 3 is 2.38 bits per heavy atom. The van der Waals surface area contributed by atoms with Gasteiger partial charge in [-0.15, -0.1) is 0 Å². The number of aromatic nitrogens is 3. The Morgan fingerprint density at radius 2 is 1.81 bits per heavy atom. The van der Waals surface area contributed by atoms with Gasteiger partial charge in [-0.2, -0.15) is 15.0 Å². The molecule has 1 unspecified atom stereocenters. The third kappa shape index (κ3) is 5.71. The Labute approximate surface area is 126 Å². The summed E-state index contributed by atoms with van der Waals surface area (Å²) < 4.78 is 5.49. The summed E-state index contributed by atoms with van der Waals surface area (Å²) in [4.78, 5) is 12.8. The lowest BCUT2D eigenvalue weighted by Crippen LogP contribution is -2.38. The molecule has 1 aromatic heterocycles. The van der Waals surface area contributed by atoms with Crippen molar-refractivity contribution >= 4 is 11.9 Å². The van der Waals surface area contributed by atoms with Gasteiger partial charge in [0.15, 0.2) is 0 Å². The number of hydrogen-bond acceptors (Lipinski definition) is 7. The van der Waals surface area contributed by atoms with E-state index in [1.807, 2.05) is 20.8 Å². The van der Waals surface area contributed by atoms with Crippen LogP contribution in [0.1, 0.15) is 47.0 Å². The predicted molar refractivity (Wildman–Crippen MR) is 83.8 cm³/mol. The summed E-state index contributed by atoms with van der Waals surface area (Å²) in [6, 6.07) is 0.296. The molecule has 0 aliphatic carbocycles. The van der Waals surface area contributed by atoms with Crippen molar-refractivity contribution in [3.63, 3.8) is 0 Å². The van der Waals surface area contributed by atoms with Crippen LogP contribution in [0.2, 0.25) is 0 Å². The van der Waals surface area contributed by atoms with E-state index < -0.39 is 5.54 Å². The summed E-state index contributed by atoms with van der Waals surface area (Å²) in [6.45, 7) is 9.34. The molecular formula is C14H27N5O2. The van der Waals surface area contributed by atoms with E-state index in [0.717, 1.165) is 25.8 Å². The SMILES string of the molecule is CCCNc1nc(NC(C)(CC)CO)nc(OCCC)n1. The second kappa shape index (κ2) is 8.61. The van der Waals surface area contributed by atoms with Crippen molar-refractivity contribution in [3.8, 4) is 6.01 Å². The number of nitrogens with one attached hydrogen (secondary N) is 2. The van der Waals surface area contributed by atoms with Gasteiger partial charge in [0.05, 0.1) is 18.8 Å². The Hall–Kier alpha value is -1.63. The molecule has 7 heteroatoms. The molecule has 0 fully saturated rings. The van der Waals surface area contributed by atoms with Crippen molar-refractivity contribution in [1.82, 2.24) is 15.0 Å². The van der Waals surface area contributed by atoms with Crippen LogP contribution in [-0.4, -0.2) is 45.4 Å². The van der Waals surface area contributed by atoms with E-state index in [1.165, 1.54) is 0 Å². The molecule has 0 aromatic carbocycles. The lowest BCUT2D eigenvalue weighted by molar-refractivity contribution is 0.218. The number of hydrogen-bond donors (Lipinski definition) is 3. The van der Waals surface area contributed by atoms with Gasteiger partial charge in [0.25, 0.3) is 0 Å². The van der Waals surface area contributed by atoms with Crippen LogP contribution in [0.3, 0.4) is 0 Å². The predicted octanol–water partition coefficient (Wildman–Crippen LogP) is 2.06. The van der Waals surface area contributed by atoms with E-state index in [-0.39, 0.29) is 6.61 Å². The molecule has 3 N–H and O–H groups in total. The monoisotopic (exact) mass is 297 g/mol. The molecule has 1 atom stereocenters. The van der Waals surface area contributed by atoms with Crippen molar-refractivity contribution in [2.45, 2.75) is 52.5 Å². The molecule has 1 rings (SSSR count). The van der Waals surface area contributed by atoms with Gasteiger partial charge >= 0.3 is 6.01 Å². The van der Waals surface area contributed by atoms with Crippen LogP contribution in [0.4, 0.5) is 11.9 Å². The quantitative estimate of drug-likeness (QED) is 0.608. The van der Waals surface area contributed by atoms with E-state index in [9.17, 15) is 5.11 Å². The number of anilines is 2. The fraction of sp³-hybridized carbons (Fsp3) is 0.786. The summed E-state index contributed by atoms with van der Waals surface area (Å²) >= 11 is 0. The molecule has 120 valence electrons. The zero-order valence-corrected chi connectivity index (χ0v) is 13.4. The van der Waals surface area contributed by atoms with Crippen LogP contribution in [0.5, 0.6) is 6.01 Å². The van der Waals surface area contributed by atoms with Gasteiger partial charge in [-0.05, 0) is 26.2 Å². The van der Waals surface area contributed by atoms with Crippen LogP contribution in [0.25, 0.3) is 0 Å². The fourth-order valence-corrected chi connectivity index (χ4v) is 1.50. The van der Waals surface area contributed by atoms with Crippen molar-refractivity contribution in [1.29, 1.82) is 0 Å². The first-order valence-electron chi connectivity index (χ1n) is 7.58. The number of rotatable bonds is 10. The van der Waals surface area contributed by atoms with Crippen molar-refractivity contribution in [2.75, 3.05) is 30.4 Å². The number of nitrogens with zero attached hydrogens (tertiary/aromatic N) is 3. The zero-order chi connectivity index (χ0) is 15.7.